The molecule has 2 aromatic rings. The van der Waals surface area contributed by atoms with Crippen molar-refractivity contribution in [2.45, 2.75) is 25.8 Å². The molecule has 1 atom stereocenters. The van der Waals surface area contributed by atoms with Gasteiger partial charge >= 0.3 is 0 Å². The van der Waals surface area contributed by atoms with E-state index in [0.717, 1.165) is 30.3 Å². The fourth-order valence-corrected chi connectivity index (χ4v) is 2.63. The van der Waals surface area contributed by atoms with Gasteiger partial charge in [-0.25, -0.2) is 0 Å². The number of aryl methyl sites for hydroxylation is 1. The van der Waals surface area contributed by atoms with Crippen LogP contribution in [0.15, 0.2) is 36.4 Å². The second kappa shape index (κ2) is 4.54. The summed E-state index contributed by atoms with van der Waals surface area (Å²) in [5, 5.41) is 5.61. The molecule has 92 valence electrons. The van der Waals surface area contributed by atoms with E-state index in [1.54, 1.807) is 0 Å². The molecule has 0 spiro atoms. The molecule has 1 aliphatic heterocycles. The van der Waals surface area contributed by atoms with Crippen molar-refractivity contribution in [2.75, 3.05) is 6.54 Å². The third-order valence-corrected chi connectivity index (χ3v) is 3.66. The van der Waals surface area contributed by atoms with Gasteiger partial charge < -0.3 is 5.32 Å². The Morgan fingerprint density at radius 1 is 1.17 bits per heavy atom. The van der Waals surface area contributed by atoms with Crippen molar-refractivity contribution in [2.24, 2.45) is 0 Å². The lowest BCUT2D eigenvalue weighted by molar-refractivity contribution is 0.0952. The van der Waals surface area contributed by atoms with E-state index in [1.807, 2.05) is 18.2 Å². The third kappa shape index (κ3) is 2.04. The van der Waals surface area contributed by atoms with Crippen molar-refractivity contribution in [1.82, 2.24) is 5.32 Å². The topological polar surface area (TPSA) is 29.1 Å². The number of carbonyl (C=O) groups excluding carboxylic acids is 1. The number of Topliss-reactive ketones (excluding diaryl/α,β-unsaturated/α-hetero) is 1. The normalized spacial score (nSPS) is 19.3. The molecule has 2 heteroatoms. The smallest absolute Gasteiger partial charge is 0.179 e. The molecule has 2 aromatic carbocycles. The summed E-state index contributed by atoms with van der Waals surface area (Å²) < 4.78 is 0. The Labute approximate surface area is 107 Å². The van der Waals surface area contributed by atoms with Gasteiger partial charge in [0.2, 0.25) is 0 Å². The lowest BCUT2D eigenvalue weighted by atomic mass is 9.99. The average molecular weight is 239 g/mol. The summed E-state index contributed by atoms with van der Waals surface area (Å²) in [5.74, 6) is 0.231. The van der Waals surface area contributed by atoms with Crippen LogP contribution in [0.2, 0.25) is 0 Å². The van der Waals surface area contributed by atoms with Gasteiger partial charge in [0.15, 0.2) is 5.78 Å². The van der Waals surface area contributed by atoms with Crippen LogP contribution in [0, 0.1) is 6.92 Å². The van der Waals surface area contributed by atoms with Gasteiger partial charge in [0.05, 0.1) is 6.04 Å². The Hall–Kier alpha value is -1.67. The van der Waals surface area contributed by atoms with Crippen molar-refractivity contribution in [3.05, 3.63) is 47.5 Å². The van der Waals surface area contributed by atoms with Crippen LogP contribution in [0.25, 0.3) is 10.8 Å². The van der Waals surface area contributed by atoms with Crippen molar-refractivity contribution < 1.29 is 4.79 Å². The second-order valence-corrected chi connectivity index (χ2v) is 5.08. The highest BCUT2D eigenvalue weighted by atomic mass is 16.1. The summed E-state index contributed by atoms with van der Waals surface area (Å²) in [4.78, 5) is 12.3. The number of hydrogen-bond acceptors (Lipinski definition) is 2. The number of fused-ring (bicyclic) bond motifs is 1. The molecule has 1 fully saturated rings. The molecular weight excluding hydrogens is 222 g/mol. The van der Waals surface area contributed by atoms with Crippen LogP contribution in [-0.2, 0) is 0 Å². The maximum atomic E-state index is 12.3. The molecule has 0 bridgehead atoms. The molecule has 3 rings (SSSR count). The van der Waals surface area contributed by atoms with Crippen LogP contribution in [0.4, 0.5) is 0 Å². The van der Waals surface area contributed by atoms with Crippen molar-refractivity contribution >= 4 is 16.6 Å². The zero-order valence-corrected chi connectivity index (χ0v) is 10.6. The first-order valence-electron chi connectivity index (χ1n) is 6.52. The van der Waals surface area contributed by atoms with Gasteiger partial charge in [-0.3, -0.25) is 4.79 Å². The van der Waals surface area contributed by atoms with Gasteiger partial charge in [0.1, 0.15) is 0 Å². The quantitative estimate of drug-likeness (QED) is 0.816. The van der Waals surface area contributed by atoms with E-state index in [0.29, 0.717) is 0 Å². The molecule has 0 aromatic heterocycles. The largest absolute Gasteiger partial charge is 0.307 e. The van der Waals surface area contributed by atoms with Crippen molar-refractivity contribution in [3.8, 4) is 0 Å². The van der Waals surface area contributed by atoms with Crippen molar-refractivity contribution in [1.29, 1.82) is 0 Å². The summed E-state index contributed by atoms with van der Waals surface area (Å²) in [5.41, 5.74) is 2.07. The zero-order chi connectivity index (χ0) is 12.5. The summed E-state index contributed by atoms with van der Waals surface area (Å²) >= 11 is 0. The highest BCUT2D eigenvalue weighted by molar-refractivity contribution is 6.03. The molecule has 0 amide bonds. The van der Waals surface area contributed by atoms with Crippen LogP contribution in [-0.4, -0.2) is 18.4 Å². The predicted octanol–water partition coefficient (Wildman–Crippen LogP) is 3.08. The summed E-state index contributed by atoms with van der Waals surface area (Å²) in [7, 11) is 0. The molecule has 18 heavy (non-hydrogen) atoms. The molecule has 1 heterocycles. The third-order valence-electron chi connectivity index (χ3n) is 3.66. The summed E-state index contributed by atoms with van der Waals surface area (Å²) in [6.07, 6.45) is 2.06. The first-order valence-corrected chi connectivity index (χ1v) is 6.52. The SMILES string of the molecule is Cc1ccc2cc(C(=O)C3CCCN3)ccc2c1. The minimum atomic E-state index is 0.0212. The molecular formula is C16H17NO. The maximum Gasteiger partial charge on any atom is 0.179 e. The average Bonchev–Trinajstić information content (AvgIpc) is 2.91. The monoisotopic (exact) mass is 239 g/mol. The van der Waals surface area contributed by atoms with E-state index in [4.69, 9.17) is 0 Å². The van der Waals surface area contributed by atoms with E-state index in [1.165, 1.54) is 10.9 Å². The van der Waals surface area contributed by atoms with E-state index in [-0.39, 0.29) is 11.8 Å². The lowest BCUT2D eigenvalue weighted by Crippen LogP contribution is -2.30. The lowest BCUT2D eigenvalue weighted by Gasteiger charge is -2.09. The number of rotatable bonds is 2. The van der Waals surface area contributed by atoms with Crippen molar-refractivity contribution in [3.63, 3.8) is 0 Å². The van der Waals surface area contributed by atoms with Gasteiger partial charge in [-0.2, -0.15) is 0 Å². The Bertz CT molecular complexity index is 597. The Balaban J connectivity index is 1.97. The predicted molar refractivity (Wildman–Crippen MR) is 74.0 cm³/mol. The van der Waals surface area contributed by atoms with E-state index in [2.05, 4.69) is 30.4 Å². The Kier molecular flexibility index (Phi) is 2.88. The molecule has 1 aliphatic rings. The Morgan fingerprint density at radius 2 is 1.94 bits per heavy atom. The van der Waals surface area contributed by atoms with Crippen LogP contribution < -0.4 is 5.32 Å². The van der Waals surface area contributed by atoms with E-state index >= 15 is 0 Å². The van der Waals surface area contributed by atoms with Crippen LogP contribution in [0.5, 0.6) is 0 Å². The first-order chi connectivity index (χ1) is 8.74. The molecule has 1 saturated heterocycles. The highest BCUT2D eigenvalue weighted by Gasteiger charge is 2.23. The number of ketones is 1. The maximum absolute atomic E-state index is 12.3. The minimum Gasteiger partial charge on any atom is -0.307 e. The van der Waals surface area contributed by atoms with Crippen LogP contribution in [0.1, 0.15) is 28.8 Å². The number of carbonyl (C=O) groups is 1. The molecule has 2 nitrogen and oxygen atoms in total. The van der Waals surface area contributed by atoms with Gasteiger partial charge in [-0.05, 0) is 43.1 Å². The van der Waals surface area contributed by atoms with Crippen LogP contribution >= 0.6 is 0 Å². The van der Waals surface area contributed by atoms with Gasteiger partial charge in [-0.15, -0.1) is 0 Å². The van der Waals surface area contributed by atoms with E-state index < -0.39 is 0 Å². The van der Waals surface area contributed by atoms with Gasteiger partial charge in [0, 0.05) is 5.56 Å². The van der Waals surface area contributed by atoms with Gasteiger partial charge in [0.25, 0.3) is 0 Å². The fourth-order valence-electron chi connectivity index (χ4n) is 2.63. The molecule has 0 saturated carbocycles. The summed E-state index contributed by atoms with van der Waals surface area (Å²) in [6, 6.07) is 12.4. The van der Waals surface area contributed by atoms with Gasteiger partial charge in [-0.1, -0.05) is 35.9 Å². The number of benzene rings is 2. The summed E-state index contributed by atoms with van der Waals surface area (Å²) in [6.45, 7) is 3.05. The minimum absolute atomic E-state index is 0.0212. The Morgan fingerprint density at radius 3 is 2.72 bits per heavy atom. The molecule has 1 N–H and O–H groups in total. The highest BCUT2D eigenvalue weighted by Crippen LogP contribution is 2.20. The van der Waals surface area contributed by atoms with E-state index in [9.17, 15) is 4.79 Å². The zero-order valence-electron chi connectivity index (χ0n) is 10.6. The fraction of sp³-hybridized carbons (Fsp3) is 0.312. The standard InChI is InChI=1S/C16H17NO/c1-11-4-5-13-10-14(7-6-12(13)9-11)16(18)15-3-2-8-17-15/h4-7,9-10,15,17H,2-3,8H2,1H3. The molecule has 1 unspecified atom stereocenters. The number of nitrogens with one attached hydrogen (secondary N) is 1. The molecule has 0 radical (unpaired) electrons. The number of hydrogen-bond donors (Lipinski definition) is 1. The molecule has 0 aliphatic carbocycles. The second-order valence-electron chi connectivity index (χ2n) is 5.08. The van der Waals surface area contributed by atoms with Crippen LogP contribution in [0.3, 0.4) is 0 Å². The first kappa shape index (κ1) is 11.4.